The highest BCUT2D eigenvalue weighted by Crippen LogP contribution is 2.22. The summed E-state index contributed by atoms with van der Waals surface area (Å²) < 4.78 is 19.8. The Labute approximate surface area is 157 Å². The van der Waals surface area contributed by atoms with E-state index in [0.717, 1.165) is 50.5 Å². The summed E-state index contributed by atoms with van der Waals surface area (Å²) in [5, 5.41) is 6.65. The molecule has 1 aromatic carbocycles. The number of nitrogens with one attached hydrogen (secondary N) is 2. The molecule has 0 aliphatic carbocycles. The Morgan fingerprint density at radius 2 is 1.92 bits per heavy atom. The summed E-state index contributed by atoms with van der Waals surface area (Å²) >= 11 is 0. The molecule has 1 saturated heterocycles. The number of nitrogens with zero attached hydrogens (tertiary/aromatic N) is 2. The highest BCUT2D eigenvalue weighted by atomic mass is 19.1. The molecule has 0 spiro atoms. The Morgan fingerprint density at radius 1 is 1.19 bits per heavy atom. The monoisotopic (exact) mass is 364 g/mol. The van der Waals surface area contributed by atoms with Gasteiger partial charge >= 0.3 is 0 Å². The van der Waals surface area contributed by atoms with Gasteiger partial charge < -0.3 is 20.3 Å². The Kier molecular flexibility index (Phi) is 8.68. The quantitative estimate of drug-likeness (QED) is 0.550. The van der Waals surface area contributed by atoms with E-state index in [1.807, 2.05) is 24.0 Å². The molecule has 1 aliphatic rings. The van der Waals surface area contributed by atoms with Crippen molar-refractivity contribution in [1.29, 1.82) is 0 Å². The van der Waals surface area contributed by atoms with Crippen LogP contribution < -0.4 is 15.5 Å². The first-order chi connectivity index (χ1) is 12.7. The Hall–Kier alpha value is -1.82. The van der Waals surface area contributed by atoms with Crippen LogP contribution in [0.3, 0.4) is 0 Å². The largest absolute Gasteiger partial charge is 0.378 e. The van der Waals surface area contributed by atoms with Crippen LogP contribution in [0.2, 0.25) is 0 Å². The average molecular weight is 365 g/mol. The van der Waals surface area contributed by atoms with E-state index in [9.17, 15) is 4.39 Å². The predicted molar refractivity (Wildman–Crippen MR) is 106 cm³/mol. The van der Waals surface area contributed by atoms with Crippen LogP contribution >= 0.6 is 0 Å². The van der Waals surface area contributed by atoms with E-state index >= 15 is 0 Å². The van der Waals surface area contributed by atoms with Crippen LogP contribution in [-0.2, 0) is 11.3 Å². The van der Waals surface area contributed by atoms with E-state index < -0.39 is 0 Å². The number of guanidine groups is 1. The first-order valence-electron chi connectivity index (χ1n) is 9.81. The molecule has 5 nitrogen and oxygen atoms in total. The zero-order valence-electron chi connectivity index (χ0n) is 16.4. The molecule has 0 unspecified atom stereocenters. The predicted octanol–water partition coefficient (Wildman–Crippen LogP) is 3.15. The van der Waals surface area contributed by atoms with Crippen molar-refractivity contribution in [1.82, 2.24) is 10.6 Å². The minimum absolute atomic E-state index is 0.186. The van der Waals surface area contributed by atoms with Gasteiger partial charge in [-0.1, -0.05) is 32.8 Å². The highest BCUT2D eigenvalue weighted by molar-refractivity contribution is 5.79. The van der Waals surface area contributed by atoms with Gasteiger partial charge in [0.05, 0.1) is 25.4 Å². The van der Waals surface area contributed by atoms with E-state index in [4.69, 9.17) is 4.74 Å². The van der Waals surface area contributed by atoms with Gasteiger partial charge in [0.1, 0.15) is 5.82 Å². The number of halogens is 1. The second-order valence-corrected chi connectivity index (χ2v) is 6.64. The highest BCUT2D eigenvalue weighted by Gasteiger charge is 2.15. The molecule has 1 fully saturated rings. The summed E-state index contributed by atoms with van der Waals surface area (Å²) in [5.74, 6) is 1.25. The van der Waals surface area contributed by atoms with Gasteiger partial charge in [0.25, 0.3) is 0 Å². The summed E-state index contributed by atoms with van der Waals surface area (Å²) in [6, 6.07) is 5.41. The molecule has 0 radical (unpaired) electrons. The van der Waals surface area contributed by atoms with E-state index in [0.29, 0.717) is 31.4 Å². The molecular weight excluding hydrogens is 331 g/mol. The van der Waals surface area contributed by atoms with Crippen molar-refractivity contribution >= 4 is 11.6 Å². The van der Waals surface area contributed by atoms with Crippen LogP contribution in [0.15, 0.2) is 23.2 Å². The smallest absolute Gasteiger partial charge is 0.191 e. The molecule has 0 bridgehead atoms. The minimum atomic E-state index is -0.186. The van der Waals surface area contributed by atoms with Gasteiger partial charge in [-0.15, -0.1) is 0 Å². The Morgan fingerprint density at radius 3 is 2.54 bits per heavy atom. The number of morpholine rings is 1. The summed E-state index contributed by atoms with van der Waals surface area (Å²) in [6.07, 6.45) is 2.30. The minimum Gasteiger partial charge on any atom is -0.378 e. The summed E-state index contributed by atoms with van der Waals surface area (Å²) in [5.41, 5.74) is 1.53. The van der Waals surface area contributed by atoms with Crippen molar-refractivity contribution in [2.24, 2.45) is 10.9 Å². The molecular formula is C20H33FN4O. The number of hydrogen-bond donors (Lipinski definition) is 2. The first kappa shape index (κ1) is 20.5. The normalized spacial score (nSPS) is 15.4. The van der Waals surface area contributed by atoms with Crippen molar-refractivity contribution in [2.75, 3.05) is 44.3 Å². The summed E-state index contributed by atoms with van der Waals surface area (Å²) in [4.78, 5) is 6.64. The standard InChI is InChI=1S/C20H33FN4O/c1-4-16(5-2)14-23-20(22-6-3)24-15-17-7-8-19(18(21)13-17)25-9-11-26-12-10-25/h7-8,13,16H,4-6,9-12,14-15H2,1-3H3,(H2,22,23,24). The second kappa shape index (κ2) is 11.0. The molecule has 2 rings (SSSR count). The number of anilines is 1. The van der Waals surface area contributed by atoms with E-state index in [2.05, 4.69) is 29.5 Å². The third-order valence-corrected chi connectivity index (χ3v) is 4.84. The third kappa shape index (κ3) is 6.16. The molecule has 0 amide bonds. The lowest BCUT2D eigenvalue weighted by atomic mass is 10.0. The molecule has 1 heterocycles. The number of aliphatic imine (C=N–C) groups is 1. The fraction of sp³-hybridized carbons (Fsp3) is 0.650. The molecule has 6 heteroatoms. The van der Waals surface area contributed by atoms with Crippen LogP contribution in [0.1, 0.15) is 39.2 Å². The zero-order chi connectivity index (χ0) is 18.8. The molecule has 26 heavy (non-hydrogen) atoms. The fourth-order valence-corrected chi connectivity index (χ4v) is 3.04. The molecule has 0 aromatic heterocycles. The molecule has 2 N–H and O–H groups in total. The first-order valence-corrected chi connectivity index (χ1v) is 9.81. The maximum atomic E-state index is 14.5. The van der Waals surface area contributed by atoms with Crippen molar-refractivity contribution in [3.05, 3.63) is 29.6 Å². The van der Waals surface area contributed by atoms with Crippen LogP contribution in [-0.4, -0.2) is 45.4 Å². The number of rotatable bonds is 8. The molecule has 0 atom stereocenters. The van der Waals surface area contributed by atoms with Gasteiger partial charge in [-0.05, 0) is 30.5 Å². The molecule has 1 aromatic rings. The third-order valence-electron chi connectivity index (χ3n) is 4.84. The summed E-state index contributed by atoms with van der Waals surface area (Å²) in [6.45, 7) is 11.4. The summed E-state index contributed by atoms with van der Waals surface area (Å²) in [7, 11) is 0. The molecule has 1 aliphatic heterocycles. The van der Waals surface area contributed by atoms with E-state index in [1.54, 1.807) is 6.07 Å². The number of benzene rings is 1. The maximum Gasteiger partial charge on any atom is 0.191 e. The van der Waals surface area contributed by atoms with Crippen LogP contribution in [0.25, 0.3) is 0 Å². The molecule has 146 valence electrons. The van der Waals surface area contributed by atoms with Crippen molar-refractivity contribution in [3.8, 4) is 0 Å². The van der Waals surface area contributed by atoms with Crippen LogP contribution in [0.4, 0.5) is 10.1 Å². The topological polar surface area (TPSA) is 48.9 Å². The second-order valence-electron chi connectivity index (χ2n) is 6.64. The van der Waals surface area contributed by atoms with Gasteiger partial charge in [-0.3, -0.25) is 0 Å². The van der Waals surface area contributed by atoms with Gasteiger partial charge in [-0.25, -0.2) is 9.38 Å². The Bertz CT molecular complexity index is 569. The van der Waals surface area contributed by atoms with Crippen molar-refractivity contribution in [3.63, 3.8) is 0 Å². The average Bonchev–Trinajstić information content (AvgIpc) is 2.67. The Balaban J connectivity index is 1.98. The van der Waals surface area contributed by atoms with E-state index in [1.165, 1.54) is 0 Å². The van der Waals surface area contributed by atoms with Gasteiger partial charge in [0, 0.05) is 26.2 Å². The number of ether oxygens (including phenoxy) is 1. The lowest BCUT2D eigenvalue weighted by Crippen LogP contribution is -2.39. The lowest BCUT2D eigenvalue weighted by molar-refractivity contribution is 0.122. The van der Waals surface area contributed by atoms with Gasteiger partial charge in [0.15, 0.2) is 5.96 Å². The fourth-order valence-electron chi connectivity index (χ4n) is 3.04. The van der Waals surface area contributed by atoms with Gasteiger partial charge in [0.2, 0.25) is 0 Å². The van der Waals surface area contributed by atoms with E-state index in [-0.39, 0.29) is 5.82 Å². The zero-order valence-corrected chi connectivity index (χ0v) is 16.4. The van der Waals surface area contributed by atoms with Gasteiger partial charge in [-0.2, -0.15) is 0 Å². The lowest BCUT2D eigenvalue weighted by Gasteiger charge is -2.29. The van der Waals surface area contributed by atoms with Crippen LogP contribution in [0, 0.1) is 11.7 Å². The maximum absolute atomic E-state index is 14.5. The molecule has 0 saturated carbocycles. The number of hydrogen-bond acceptors (Lipinski definition) is 3. The van der Waals surface area contributed by atoms with Crippen molar-refractivity contribution in [2.45, 2.75) is 40.2 Å². The van der Waals surface area contributed by atoms with Crippen LogP contribution in [0.5, 0.6) is 0 Å². The van der Waals surface area contributed by atoms with Crippen molar-refractivity contribution < 1.29 is 9.13 Å². The SMILES string of the molecule is CCNC(=NCc1ccc(N2CCOCC2)c(F)c1)NCC(CC)CC.